The second-order valence-corrected chi connectivity index (χ2v) is 7.33. The molecule has 21 heavy (non-hydrogen) atoms. The molecule has 1 heterocycles. The van der Waals surface area contributed by atoms with Gasteiger partial charge in [-0.05, 0) is 75.3 Å². The van der Waals surface area contributed by atoms with E-state index in [0.29, 0.717) is 11.8 Å². The number of hydrogen-bond donors (Lipinski definition) is 1. The Morgan fingerprint density at radius 1 is 1.24 bits per heavy atom. The second kappa shape index (κ2) is 6.83. The largest absolute Gasteiger partial charge is 0.473 e. The van der Waals surface area contributed by atoms with Gasteiger partial charge in [0.25, 0.3) is 0 Å². The highest BCUT2D eigenvalue weighted by molar-refractivity contribution is 5.13. The molecule has 2 aliphatic carbocycles. The van der Waals surface area contributed by atoms with Gasteiger partial charge in [0, 0.05) is 0 Å². The van der Waals surface area contributed by atoms with E-state index in [1.807, 2.05) is 12.1 Å². The van der Waals surface area contributed by atoms with Crippen LogP contribution in [0.4, 0.5) is 0 Å². The molecule has 1 aromatic rings. The van der Waals surface area contributed by atoms with E-state index in [4.69, 9.17) is 0 Å². The van der Waals surface area contributed by atoms with E-state index in [9.17, 15) is 5.11 Å². The van der Waals surface area contributed by atoms with Gasteiger partial charge in [0.15, 0.2) is 0 Å². The van der Waals surface area contributed by atoms with Crippen LogP contribution < -0.4 is 0 Å². The molecular formula is C19H30O2. The molecule has 2 nitrogen and oxygen atoms in total. The van der Waals surface area contributed by atoms with Crippen LogP contribution in [-0.2, 0) is 0 Å². The average Bonchev–Trinajstić information content (AvgIpc) is 2.96. The highest BCUT2D eigenvalue weighted by Crippen LogP contribution is 2.49. The van der Waals surface area contributed by atoms with Crippen molar-refractivity contribution in [2.24, 2.45) is 23.7 Å². The van der Waals surface area contributed by atoms with Crippen LogP contribution in [0.3, 0.4) is 0 Å². The van der Waals surface area contributed by atoms with Crippen molar-refractivity contribution in [3.63, 3.8) is 0 Å². The van der Waals surface area contributed by atoms with E-state index in [2.05, 4.69) is 38.2 Å². The molecule has 0 spiro atoms. The molecule has 0 bridgehead atoms. The topological polar surface area (TPSA) is 33.4 Å². The number of aliphatic hydroxyl groups is 1. The van der Waals surface area contributed by atoms with Crippen LogP contribution in [0.5, 0.6) is 0 Å². The smallest absolute Gasteiger partial charge is 0.0902 e. The van der Waals surface area contributed by atoms with Crippen molar-refractivity contribution >= 4 is 0 Å². The van der Waals surface area contributed by atoms with Gasteiger partial charge < -0.3 is 9.52 Å². The monoisotopic (exact) mass is 290 g/mol. The molecule has 0 saturated heterocycles. The first-order valence-corrected chi connectivity index (χ1v) is 8.28. The molecule has 1 aromatic heterocycles. The molecule has 1 saturated carbocycles. The van der Waals surface area contributed by atoms with Crippen molar-refractivity contribution < 1.29 is 9.52 Å². The van der Waals surface area contributed by atoms with Crippen molar-refractivity contribution in [2.75, 3.05) is 0 Å². The third kappa shape index (κ3) is 4.00. The molecule has 118 valence electrons. The SMILES string of the molecule is CC1=CC2C(C(C)C)CCC(C)(O)C2CC1.c1ccoc1. The molecule has 0 amide bonds. The summed E-state index contributed by atoms with van der Waals surface area (Å²) >= 11 is 0. The Morgan fingerprint density at radius 2 is 1.90 bits per heavy atom. The molecule has 1 N–H and O–H groups in total. The van der Waals surface area contributed by atoms with Gasteiger partial charge in [0.2, 0.25) is 0 Å². The van der Waals surface area contributed by atoms with E-state index in [1.54, 1.807) is 12.5 Å². The van der Waals surface area contributed by atoms with Gasteiger partial charge in [-0.3, -0.25) is 0 Å². The zero-order valence-corrected chi connectivity index (χ0v) is 13.9. The molecule has 4 unspecified atom stereocenters. The van der Waals surface area contributed by atoms with Crippen molar-refractivity contribution in [1.82, 2.24) is 0 Å². The van der Waals surface area contributed by atoms with Crippen molar-refractivity contribution in [1.29, 1.82) is 0 Å². The number of furan rings is 1. The number of fused-ring (bicyclic) bond motifs is 1. The molecule has 0 radical (unpaired) electrons. The van der Waals surface area contributed by atoms with E-state index in [0.717, 1.165) is 18.3 Å². The average molecular weight is 290 g/mol. The fourth-order valence-corrected chi connectivity index (χ4v) is 4.09. The molecule has 2 aliphatic rings. The Bertz CT molecular complexity index is 425. The maximum atomic E-state index is 10.5. The first-order valence-electron chi connectivity index (χ1n) is 8.28. The lowest BCUT2D eigenvalue weighted by Gasteiger charge is -2.49. The molecule has 3 rings (SSSR count). The summed E-state index contributed by atoms with van der Waals surface area (Å²) in [4.78, 5) is 0. The van der Waals surface area contributed by atoms with Crippen LogP contribution in [-0.4, -0.2) is 10.7 Å². The number of hydrogen-bond acceptors (Lipinski definition) is 2. The molecule has 0 aromatic carbocycles. The predicted molar refractivity (Wildman–Crippen MR) is 86.9 cm³/mol. The van der Waals surface area contributed by atoms with Crippen LogP contribution in [0.2, 0.25) is 0 Å². The summed E-state index contributed by atoms with van der Waals surface area (Å²) in [6.07, 6.45) is 10.3. The molecule has 1 fully saturated rings. The van der Waals surface area contributed by atoms with Gasteiger partial charge >= 0.3 is 0 Å². The van der Waals surface area contributed by atoms with E-state index < -0.39 is 5.60 Å². The summed E-state index contributed by atoms with van der Waals surface area (Å²) in [6, 6.07) is 3.67. The summed E-state index contributed by atoms with van der Waals surface area (Å²) in [6.45, 7) is 8.96. The van der Waals surface area contributed by atoms with Crippen LogP contribution >= 0.6 is 0 Å². The van der Waals surface area contributed by atoms with Crippen molar-refractivity contribution in [2.45, 2.75) is 59.0 Å². The van der Waals surface area contributed by atoms with Gasteiger partial charge in [-0.1, -0.05) is 25.5 Å². The summed E-state index contributed by atoms with van der Waals surface area (Å²) in [5.41, 5.74) is 1.11. The highest BCUT2D eigenvalue weighted by atomic mass is 16.3. The molecule has 4 atom stereocenters. The van der Waals surface area contributed by atoms with Gasteiger partial charge in [-0.25, -0.2) is 0 Å². The minimum atomic E-state index is -0.423. The lowest BCUT2D eigenvalue weighted by atomic mass is 9.58. The van der Waals surface area contributed by atoms with Crippen LogP contribution in [0.25, 0.3) is 0 Å². The Balaban J connectivity index is 0.000000272. The van der Waals surface area contributed by atoms with Crippen LogP contribution in [0.1, 0.15) is 53.4 Å². The zero-order valence-electron chi connectivity index (χ0n) is 13.9. The molecule has 2 heteroatoms. The van der Waals surface area contributed by atoms with Crippen LogP contribution in [0, 0.1) is 23.7 Å². The second-order valence-electron chi connectivity index (χ2n) is 7.33. The maximum Gasteiger partial charge on any atom is 0.0902 e. The predicted octanol–water partition coefficient (Wildman–Crippen LogP) is 5.06. The van der Waals surface area contributed by atoms with Gasteiger partial charge in [0.1, 0.15) is 0 Å². The standard InChI is InChI=1S/C15H26O.C4H4O/c1-10(2)12-7-8-15(4,16)14-6-5-11(3)9-13(12)14;1-2-4-5-3-1/h9-10,12-14,16H,5-8H2,1-4H3;1-4H. The molecular weight excluding hydrogens is 260 g/mol. The highest BCUT2D eigenvalue weighted by Gasteiger charge is 2.46. The Kier molecular flexibility index (Phi) is 5.32. The Hall–Kier alpha value is -1.02. The fraction of sp³-hybridized carbons (Fsp3) is 0.684. The Morgan fingerprint density at radius 3 is 2.43 bits per heavy atom. The summed E-state index contributed by atoms with van der Waals surface area (Å²) in [5.74, 6) is 2.64. The third-order valence-electron chi connectivity index (χ3n) is 5.35. The van der Waals surface area contributed by atoms with E-state index in [1.165, 1.54) is 24.8 Å². The number of rotatable bonds is 1. The van der Waals surface area contributed by atoms with Gasteiger partial charge in [0.05, 0.1) is 18.1 Å². The first kappa shape index (κ1) is 16.4. The first-order chi connectivity index (χ1) is 9.92. The quantitative estimate of drug-likeness (QED) is 0.734. The lowest BCUT2D eigenvalue weighted by molar-refractivity contribution is -0.0807. The lowest BCUT2D eigenvalue weighted by Crippen LogP contribution is -2.48. The fourth-order valence-electron chi connectivity index (χ4n) is 4.09. The minimum Gasteiger partial charge on any atom is -0.473 e. The van der Waals surface area contributed by atoms with Crippen molar-refractivity contribution in [3.05, 3.63) is 36.3 Å². The van der Waals surface area contributed by atoms with Crippen molar-refractivity contribution in [3.8, 4) is 0 Å². The summed E-state index contributed by atoms with van der Waals surface area (Å²) in [7, 11) is 0. The normalized spacial score (nSPS) is 35.5. The Labute approximate surface area is 129 Å². The third-order valence-corrected chi connectivity index (χ3v) is 5.35. The zero-order chi connectivity index (χ0) is 15.5. The molecule has 0 aliphatic heterocycles. The summed E-state index contributed by atoms with van der Waals surface area (Å²) < 4.78 is 4.58. The summed E-state index contributed by atoms with van der Waals surface area (Å²) in [5, 5.41) is 10.5. The minimum absolute atomic E-state index is 0.423. The van der Waals surface area contributed by atoms with E-state index >= 15 is 0 Å². The number of allylic oxidation sites excluding steroid dienone is 2. The van der Waals surface area contributed by atoms with Gasteiger partial charge in [-0.2, -0.15) is 0 Å². The maximum absolute atomic E-state index is 10.5. The van der Waals surface area contributed by atoms with Gasteiger partial charge in [-0.15, -0.1) is 0 Å². The van der Waals surface area contributed by atoms with E-state index in [-0.39, 0.29) is 0 Å². The van der Waals surface area contributed by atoms with Crippen LogP contribution in [0.15, 0.2) is 40.7 Å².